The van der Waals surface area contributed by atoms with Crippen molar-refractivity contribution in [3.05, 3.63) is 42.2 Å². The van der Waals surface area contributed by atoms with Gasteiger partial charge in [0, 0.05) is 30.3 Å². The lowest BCUT2D eigenvalue weighted by atomic mass is 10.1. The van der Waals surface area contributed by atoms with Gasteiger partial charge in [0.2, 0.25) is 23.6 Å². The highest BCUT2D eigenvalue weighted by molar-refractivity contribution is 8.76. The summed E-state index contributed by atoms with van der Waals surface area (Å²) in [5.41, 5.74) is -0.349. The second kappa shape index (κ2) is 12.5. The number of carbonyl (C=O) groups is 5. The fourth-order valence-electron chi connectivity index (χ4n) is 3.93. The maximum absolute atomic E-state index is 13.4. The zero-order valence-electron chi connectivity index (χ0n) is 20.1. The lowest BCUT2D eigenvalue weighted by molar-refractivity contribution is -0.148. The van der Waals surface area contributed by atoms with Gasteiger partial charge < -0.3 is 26.0 Å². The molecule has 3 aliphatic rings. The Kier molecular flexibility index (Phi) is 9.09. The topological polar surface area (TPSA) is 156 Å². The van der Waals surface area contributed by atoms with Crippen molar-refractivity contribution in [3.63, 3.8) is 0 Å². The Morgan fingerprint density at radius 3 is 2.57 bits per heavy atom. The molecule has 1 aliphatic carbocycles. The molecule has 1 aromatic rings. The van der Waals surface area contributed by atoms with E-state index in [2.05, 4.69) is 26.3 Å². The second-order valence-electron chi connectivity index (χ2n) is 9.05. The van der Waals surface area contributed by atoms with Crippen molar-refractivity contribution < 1.29 is 28.7 Å². The molecule has 13 heteroatoms. The van der Waals surface area contributed by atoms with E-state index in [9.17, 15) is 24.0 Å². The number of fused-ring (bicyclic) bond motifs is 7. The van der Waals surface area contributed by atoms with Crippen molar-refractivity contribution in [1.82, 2.24) is 26.3 Å². The average molecular weight is 548 g/mol. The Morgan fingerprint density at radius 2 is 1.81 bits per heavy atom. The summed E-state index contributed by atoms with van der Waals surface area (Å²) in [7, 11) is 2.97. The average Bonchev–Trinajstić information content (AvgIpc) is 3.65. The monoisotopic (exact) mass is 547 g/mol. The highest BCUT2D eigenvalue weighted by Gasteiger charge is 2.52. The normalized spacial score (nSPS) is 27.2. The van der Waals surface area contributed by atoms with Crippen LogP contribution in [-0.2, 0) is 35.1 Å². The second-order valence-corrected chi connectivity index (χ2v) is 11.7. The number of carbonyl (C=O) groups excluding carboxylic acids is 5. The molecule has 11 nitrogen and oxygen atoms in total. The van der Waals surface area contributed by atoms with Gasteiger partial charge in [-0.1, -0.05) is 27.7 Å². The lowest BCUT2D eigenvalue weighted by Crippen LogP contribution is -2.59. The minimum Gasteiger partial charge on any atom is -0.456 e. The number of hydrogen-bond donors (Lipinski definition) is 4. The van der Waals surface area contributed by atoms with Crippen molar-refractivity contribution >= 4 is 51.2 Å². The lowest BCUT2D eigenvalue weighted by Gasteiger charge is -2.26. The summed E-state index contributed by atoms with van der Waals surface area (Å²) in [6.07, 6.45) is 7.26. The smallest absolute Gasteiger partial charge is 0.326 e. The number of ether oxygens (including phenoxy) is 1. The van der Waals surface area contributed by atoms with Gasteiger partial charge in [0.1, 0.15) is 30.3 Å². The molecule has 198 valence electrons. The number of rotatable bonds is 2. The van der Waals surface area contributed by atoms with Crippen LogP contribution in [0.2, 0.25) is 0 Å². The van der Waals surface area contributed by atoms with Crippen LogP contribution >= 0.6 is 21.6 Å². The predicted octanol–water partition coefficient (Wildman–Crippen LogP) is 0.0155. The number of allylic oxidation sites excluding steroid dienone is 1. The van der Waals surface area contributed by atoms with Crippen molar-refractivity contribution in [3.8, 4) is 0 Å². The number of amides is 4. The van der Waals surface area contributed by atoms with Crippen LogP contribution in [0.3, 0.4) is 0 Å². The molecule has 37 heavy (non-hydrogen) atoms. The molecule has 2 bridgehead atoms. The van der Waals surface area contributed by atoms with Gasteiger partial charge in [-0.3, -0.25) is 29.0 Å². The van der Waals surface area contributed by atoms with Crippen molar-refractivity contribution in [1.29, 1.82) is 0 Å². The number of nitrogens with zero attached hydrogens (tertiary/aromatic N) is 1. The first-order valence-electron chi connectivity index (χ1n) is 12.0. The van der Waals surface area contributed by atoms with Gasteiger partial charge in [-0.25, -0.2) is 0 Å². The summed E-state index contributed by atoms with van der Waals surface area (Å²) in [5, 5.41) is 10.8. The highest BCUT2D eigenvalue weighted by Crippen LogP contribution is 2.36. The molecule has 4 rings (SSSR count). The van der Waals surface area contributed by atoms with E-state index < -0.39 is 53.3 Å². The third-order valence-electron chi connectivity index (χ3n) is 6.12. The molecule has 2 aliphatic heterocycles. The van der Waals surface area contributed by atoms with E-state index in [0.717, 1.165) is 5.56 Å². The maximum atomic E-state index is 13.4. The van der Waals surface area contributed by atoms with E-state index in [-0.39, 0.29) is 25.1 Å². The van der Waals surface area contributed by atoms with Gasteiger partial charge in [0.25, 0.3) is 0 Å². The van der Waals surface area contributed by atoms with E-state index in [1.54, 1.807) is 30.6 Å². The molecule has 1 saturated carbocycles. The van der Waals surface area contributed by atoms with Crippen LogP contribution in [-0.4, -0.2) is 76.4 Å². The van der Waals surface area contributed by atoms with Gasteiger partial charge in [0.15, 0.2) is 0 Å². The van der Waals surface area contributed by atoms with E-state index in [0.29, 0.717) is 25.0 Å². The molecular formula is C24H29N5O6S2. The van der Waals surface area contributed by atoms with E-state index >= 15 is 0 Å². The fraction of sp³-hybridized carbons (Fsp3) is 0.500. The predicted molar refractivity (Wildman–Crippen MR) is 138 cm³/mol. The fourth-order valence-corrected chi connectivity index (χ4v) is 6.09. The number of hydrogen-bond acceptors (Lipinski definition) is 9. The molecule has 0 aromatic carbocycles. The summed E-state index contributed by atoms with van der Waals surface area (Å²) in [4.78, 5) is 68.8. The van der Waals surface area contributed by atoms with E-state index in [4.69, 9.17) is 4.74 Å². The minimum absolute atomic E-state index is 0.170. The largest absolute Gasteiger partial charge is 0.456 e. The molecule has 1 aromatic heterocycles. The van der Waals surface area contributed by atoms with Gasteiger partial charge in [-0.15, -0.1) is 0 Å². The Labute approximate surface area is 222 Å². The van der Waals surface area contributed by atoms with Crippen molar-refractivity contribution in [2.45, 2.75) is 55.8 Å². The summed E-state index contributed by atoms with van der Waals surface area (Å²) in [6, 6.07) is 1.55. The van der Waals surface area contributed by atoms with Crippen LogP contribution < -0.4 is 21.3 Å². The maximum Gasteiger partial charge on any atom is 0.326 e. The summed E-state index contributed by atoms with van der Waals surface area (Å²) in [6.45, 7) is -0.390. The Morgan fingerprint density at radius 1 is 1.03 bits per heavy atom. The Balaban J connectivity index is 1.65. The Bertz CT molecular complexity index is 1060. The molecule has 3 heterocycles. The minimum atomic E-state index is -1.12. The highest BCUT2D eigenvalue weighted by atomic mass is 33.1. The molecule has 4 N–H and O–H groups in total. The van der Waals surface area contributed by atoms with Crippen LogP contribution in [0.25, 0.3) is 0 Å². The molecule has 1 saturated heterocycles. The summed E-state index contributed by atoms with van der Waals surface area (Å²) < 4.78 is 5.47. The number of aromatic nitrogens is 1. The quantitative estimate of drug-likeness (QED) is 0.228. The standard InChI is InChI=1S/C24H29N5O6S2/c30-19-12-16-3-1-2-10-36-37-14-18(28-21(32)17(27-19)11-15-4-8-25-9-5-15)22(33)29-24(6-7-24)23(34)26-13-20(31)35-16/h1,3-5,8-9,16-18H,2,6-7,10-14H2,(H,26,34)(H,27,30)(H,28,32)(H,29,33)/t16-,17-,18-/m1/s1. The summed E-state index contributed by atoms with van der Waals surface area (Å²) >= 11 is 0. The number of esters is 1. The molecule has 0 unspecified atom stereocenters. The SMILES string of the molecule is O=C1C[C@H]2C=CCCSSC[C@@H](NC(=O)[C@@H](Cc3ccncc3)N1)C(=O)NC1(CC1)C(=O)NCC(=O)O2. The zero-order chi connectivity index (χ0) is 26.3. The third-order valence-corrected chi connectivity index (χ3v) is 8.57. The molecule has 2 fully saturated rings. The van der Waals surface area contributed by atoms with Crippen LogP contribution in [0.5, 0.6) is 0 Å². The van der Waals surface area contributed by atoms with E-state index in [1.165, 1.54) is 21.6 Å². The van der Waals surface area contributed by atoms with Crippen molar-refractivity contribution in [2.75, 3.05) is 18.1 Å². The first-order valence-corrected chi connectivity index (χ1v) is 14.5. The van der Waals surface area contributed by atoms with Gasteiger partial charge in [0.05, 0.1) is 6.42 Å². The molecule has 0 radical (unpaired) electrons. The number of nitrogens with one attached hydrogen (secondary N) is 4. The third kappa shape index (κ3) is 7.71. The molecule has 1 spiro atoms. The van der Waals surface area contributed by atoms with Gasteiger partial charge in [-0.2, -0.15) is 0 Å². The number of pyridine rings is 1. The van der Waals surface area contributed by atoms with Gasteiger partial charge >= 0.3 is 5.97 Å². The first-order chi connectivity index (χ1) is 17.8. The van der Waals surface area contributed by atoms with Crippen LogP contribution in [0.4, 0.5) is 0 Å². The molecule has 4 amide bonds. The zero-order valence-corrected chi connectivity index (χ0v) is 21.7. The molecule has 3 atom stereocenters. The Hall–Kier alpha value is -3.06. The van der Waals surface area contributed by atoms with Crippen LogP contribution in [0, 0.1) is 0 Å². The van der Waals surface area contributed by atoms with Gasteiger partial charge in [-0.05, 0) is 43.0 Å². The van der Waals surface area contributed by atoms with E-state index in [1.807, 2.05) is 6.08 Å². The van der Waals surface area contributed by atoms with Crippen LogP contribution in [0.1, 0.15) is 31.2 Å². The van der Waals surface area contributed by atoms with Crippen molar-refractivity contribution in [2.24, 2.45) is 0 Å². The van der Waals surface area contributed by atoms with Crippen LogP contribution in [0.15, 0.2) is 36.7 Å². The summed E-state index contributed by atoms with van der Waals surface area (Å²) in [5.74, 6) is -1.73. The first kappa shape index (κ1) is 27.0. The molecular weight excluding hydrogens is 518 g/mol.